The Hall–Kier alpha value is -1.60. The molecule has 0 heterocycles. The molecular weight excluding hydrogens is 316 g/mol. The van der Waals surface area contributed by atoms with Crippen molar-refractivity contribution in [3.63, 3.8) is 0 Å². The second-order valence-corrected chi connectivity index (χ2v) is 7.62. The Balaban J connectivity index is 2.86. The number of amides is 1. The van der Waals surface area contributed by atoms with Gasteiger partial charge >= 0.3 is 0 Å². The molecule has 0 unspecified atom stereocenters. The van der Waals surface area contributed by atoms with Crippen LogP contribution in [0.25, 0.3) is 0 Å². The lowest BCUT2D eigenvalue weighted by Gasteiger charge is -2.14. The van der Waals surface area contributed by atoms with Crippen molar-refractivity contribution >= 4 is 15.9 Å². The molecule has 0 radical (unpaired) electrons. The van der Waals surface area contributed by atoms with E-state index >= 15 is 0 Å². The number of sulfonamides is 1. The fraction of sp³-hybridized carbons (Fsp3) is 0.562. The molecule has 1 aromatic rings. The number of benzene rings is 1. The zero-order valence-corrected chi connectivity index (χ0v) is 15.1. The number of rotatable bonds is 9. The van der Waals surface area contributed by atoms with Crippen molar-refractivity contribution in [2.75, 3.05) is 27.7 Å². The van der Waals surface area contributed by atoms with E-state index in [-0.39, 0.29) is 10.8 Å². The Morgan fingerprint density at radius 1 is 1.30 bits per heavy atom. The zero-order chi connectivity index (χ0) is 17.5. The Labute approximate surface area is 138 Å². The molecule has 0 bridgehead atoms. The molecule has 0 spiro atoms. The van der Waals surface area contributed by atoms with Crippen LogP contribution in [0.1, 0.15) is 31.7 Å². The highest BCUT2D eigenvalue weighted by Gasteiger charge is 2.19. The maximum atomic E-state index is 12.2. The van der Waals surface area contributed by atoms with Crippen LogP contribution in [0.3, 0.4) is 0 Å². The predicted molar refractivity (Wildman–Crippen MR) is 90.1 cm³/mol. The zero-order valence-electron chi connectivity index (χ0n) is 14.3. The van der Waals surface area contributed by atoms with E-state index in [1.165, 1.54) is 27.3 Å². The molecule has 0 aromatic heterocycles. The van der Waals surface area contributed by atoms with E-state index in [0.29, 0.717) is 30.7 Å². The molecular formula is C16H26N2O4S. The highest BCUT2D eigenvalue weighted by Crippen LogP contribution is 2.25. The van der Waals surface area contributed by atoms with Crippen LogP contribution in [0, 0.1) is 0 Å². The number of hydrogen-bond donors (Lipinski definition) is 1. The van der Waals surface area contributed by atoms with Gasteiger partial charge < -0.3 is 10.1 Å². The topological polar surface area (TPSA) is 75.7 Å². The third-order valence-corrected chi connectivity index (χ3v) is 5.32. The molecule has 0 fully saturated rings. The second kappa shape index (κ2) is 8.88. The normalized spacial score (nSPS) is 11.5. The van der Waals surface area contributed by atoms with E-state index in [9.17, 15) is 13.2 Å². The van der Waals surface area contributed by atoms with Crippen LogP contribution >= 0.6 is 0 Å². The number of carbonyl (C=O) groups is 1. The van der Waals surface area contributed by atoms with E-state index in [2.05, 4.69) is 12.2 Å². The largest absolute Gasteiger partial charge is 0.496 e. The summed E-state index contributed by atoms with van der Waals surface area (Å²) >= 11 is 0. The summed E-state index contributed by atoms with van der Waals surface area (Å²) in [6, 6.07) is 4.72. The number of nitrogens with one attached hydrogen (secondary N) is 1. The van der Waals surface area contributed by atoms with E-state index in [1.54, 1.807) is 12.1 Å². The number of aryl methyl sites for hydroxylation is 1. The maximum Gasteiger partial charge on any atom is 0.242 e. The quantitative estimate of drug-likeness (QED) is 0.694. The van der Waals surface area contributed by atoms with Crippen LogP contribution in [0.5, 0.6) is 5.75 Å². The Bertz CT molecular complexity index is 627. The van der Waals surface area contributed by atoms with E-state index < -0.39 is 10.0 Å². The number of hydrogen-bond acceptors (Lipinski definition) is 4. The molecule has 1 aromatic carbocycles. The molecule has 0 aliphatic rings. The van der Waals surface area contributed by atoms with Crippen molar-refractivity contribution in [2.45, 2.75) is 37.5 Å². The molecule has 130 valence electrons. The number of nitrogens with zero attached hydrogens (tertiary/aromatic N) is 1. The van der Waals surface area contributed by atoms with Gasteiger partial charge in [-0.3, -0.25) is 4.79 Å². The van der Waals surface area contributed by atoms with Crippen LogP contribution in [-0.4, -0.2) is 46.4 Å². The molecule has 0 aliphatic heterocycles. The molecule has 0 aliphatic carbocycles. The van der Waals surface area contributed by atoms with Crippen LogP contribution in [-0.2, 0) is 21.2 Å². The third-order valence-electron chi connectivity index (χ3n) is 3.50. The predicted octanol–water partition coefficient (Wildman–Crippen LogP) is 1.79. The minimum absolute atomic E-state index is 0.0404. The summed E-state index contributed by atoms with van der Waals surface area (Å²) in [4.78, 5) is 12.0. The minimum Gasteiger partial charge on any atom is -0.496 e. The van der Waals surface area contributed by atoms with Crippen molar-refractivity contribution < 1.29 is 17.9 Å². The summed E-state index contributed by atoms with van der Waals surface area (Å²) in [5, 5.41) is 2.85. The average molecular weight is 342 g/mol. The Morgan fingerprint density at radius 2 is 2.00 bits per heavy atom. The van der Waals surface area contributed by atoms with Gasteiger partial charge in [0.2, 0.25) is 15.9 Å². The fourth-order valence-electron chi connectivity index (χ4n) is 2.06. The first kappa shape index (κ1) is 19.4. The Morgan fingerprint density at radius 3 is 2.57 bits per heavy atom. The standard InChI is InChI=1S/C16H26N2O4S/c1-5-6-11-17-16(19)10-7-13-12-14(8-9-15(13)22-4)23(20,21)18(2)3/h8-9,12H,5-7,10-11H2,1-4H3,(H,17,19). The van der Waals surface area contributed by atoms with Crippen LogP contribution < -0.4 is 10.1 Å². The number of unbranched alkanes of at least 4 members (excludes halogenated alkanes) is 1. The van der Waals surface area contributed by atoms with Crippen LogP contribution in [0.4, 0.5) is 0 Å². The molecule has 0 saturated carbocycles. The van der Waals surface area contributed by atoms with Gasteiger partial charge in [-0.15, -0.1) is 0 Å². The maximum absolute atomic E-state index is 12.2. The van der Waals surface area contributed by atoms with Gasteiger partial charge in [0.25, 0.3) is 0 Å². The van der Waals surface area contributed by atoms with Gasteiger partial charge in [0, 0.05) is 27.1 Å². The lowest BCUT2D eigenvalue weighted by Crippen LogP contribution is -2.24. The lowest BCUT2D eigenvalue weighted by atomic mass is 10.1. The van der Waals surface area contributed by atoms with Gasteiger partial charge in [-0.25, -0.2) is 12.7 Å². The number of methoxy groups -OCH3 is 1. The van der Waals surface area contributed by atoms with Crippen LogP contribution in [0.15, 0.2) is 23.1 Å². The molecule has 0 atom stereocenters. The molecule has 7 heteroatoms. The SMILES string of the molecule is CCCCNC(=O)CCc1cc(S(=O)(=O)N(C)C)ccc1OC. The molecule has 6 nitrogen and oxygen atoms in total. The Kier molecular flexibility index (Phi) is 7.51. The third kappa shape index (κ3) is 5.51. The second-order valence-electron chi connectivity index (χ2n) is 5.46. The summed E-state index contributed by atoms with van der Waals surface area (Å²) in [6.07, 6.45) is 2.70. The summed E-state index contributed by atoms with van der Waals surface area (Å²) in [5.74, 6) is 0.547. The van der Waals surface area contributed by atoms with Crippen molar-refractivity contribution in [3.8, 4) is 5.75 Å². The number of ether oxygens (including phenoxy) is 1. The van der Waals surface area contributed by atoms with Crippen molar-refractivity contribution in [2.24, 2.45) is 0 Å². The molecule has 1 rings (SSSR count). The van der Waals surface area contributed by atoms with Gasteiger partial charge in [-0.05, 0) is 36.6 Å². The molecule has 1 amide bonds. The molecule has 23 heavy (non-hydrogen) atoms. The smallest absolute Gasteiger partial charge is 0.242 e. The van der Waals surface area contributed by atoms with Gasteiger partial charge in [0.05, 0.1) is 12.0 Å². The monoisotopic (exact) mass is 342 g/mol. The van der Waals surface area contributed by atoms with E-state index in [0.717, 1.165) is 17.1 Å². The van der Waals surface area contributed by atoms with Gasteiger partial charge in [0.1, 0.15) is 5.75 Å². The van der Waals surface area contributed by atoms with Gasteiger partial charge in [-0.1, -0.05) is 13.3 Å². The van der Waals surface area contributed by atoms with Crippen molar-refractivity contribution in [3.05, 3.63) is 23.8 Å². The summed E-state index contributed by atoms with van der Waals surface area (Å²) in [5.41, 5.74) is 0.709. The van der Waals surface area contributed by atoms with E-state index in [4.69, 9.17) is 4.74 Å². The first-order valence-corrected chi connectivity index (χ1v) is 9.13. The van der Waals surface area contributed by atoms with Crippen molar-refractivity contribution in [1.29, 1.82) is 0 Å². The first-order chi connectivity index (χ1) is 10.8. The molecule has 1 N–H and O–H groups in total. The van der Waals surface area contributed by atoms with Gasteiger partial charge in [0.15, 0.2) is 0 Å². The number of carbonyl (C=O) groups excluding carboxylic acids is 1. The minimum atomic E-state index is -3.50. The summed E-state index contributed by atoms with van der Waals surface area (Å²) in [6.45, 7) is 2.73. The fourth-order valence-corrected chi connectivity index (χ4v) is 3.02. The summed E-state index contributed by atoms with van der Waals surface area (Å²) in [7, 11) is 0.998. The lowest BCUT2D eigenvalue weighted by molar-refractivity contribution is -0.121. The highest BCUT2D eigenvalue weighted by molar-refractivity contribution is 7.89. The van der Waals surface area contributed by atoms with E-state index in [1.807, 2.05) is 0 Å². The van der Waals surface area contributed by atoms with Crippen molar-refractivity contribution in [1.82, 2.24) is 9.62 Å². The van der Waals surface area contributed by atoms with Crippen LogP contribution in [0.2, 0.25) is 0 Å². The average Bonchev–Trinajstić information content (AvgIpc) is 2.52. The first-order valence-electron chi connectivity index (χ1n) is 7.69. The van der Waals surface area contributed by atoms with Gasteiger partial charge in [-0.2, -0.15) is 0 Å². The molecule has 0 saturated heterocycles. The summed E-state index contributed by atoms with van der Waals surface area (Å²) < 4.78 is 30.8. The highest BCUT2D eigenvalue weighted by atomic mass is 32.2.